The number of nitrogens with two attached hydrogens (primary N) is 1. The number of rotatable bonds is 5. The number of primary amides is 1. The van der Waals surface area contributed by atoms with Crippen LogP contribution < -0.4 is 5.73 Å². The minimum atomic E-state index is -0.767. The zero-order valence-corrected chi connectivity index (χ0v) is 14.1. The number of hydrogen-bond acceptors (Lipinski definition) is 3. The van der Waals surface area contributed by atoms with Crippen molar-refractivity contribution in [3.63, 3.8) is 0 Å². The standard InChI is InChI=1S/C15H20BrN3O2/c1-4-19-12-8-10(16)5-6-11(12)18-14(19)13(7-9(2)3)21-15(17)20/h5-6,8-9,13H,4,7H2,1-3H3,(H2,17,20). The van der Waals surface area contributed by atoms with Crippen LogP contribution in [0.4, 0.5) is 4.79 Å². The fraction of sp³-hybridized carbons (Fsp3) is 0.467. The molecule has 2 N–H and O–H groups in total. The molecule has 0 spiro atoms. The molecule has 0 aliphatic heterocycles. The lowest BCUT2D eigenvalue weighted by molar-refractivity contribution is 0.0862. The third kappa shape index (κ3) is 3.56. The number of nitrogens with zero attached hydrogens (tertiary/aromatic N) is 2. The first-order chi connectivity index (χ1) is 9.92. The first-order valence-corrected chi connectivity index (χ1v) is 7.83. The van der Waals surface area contributed by atoms with Crippen molar-refractivity contribution in [1.82, 2.24) is 9.55 Å². The molecule has 6 heteroatoms. The van der Waals surface area contributed by atoms with E-state index in [0.29, 0.717) is 12.3 Å². The molecule has 1 heterocycles. The van der Waals surface area contributed by atoms with Crippen LogP contribution in [0.5, 0.6) is 0 Å². The zero-order chi connectivity index (χ0) is 15.6. The monoisotopic (exact) mass is 353 g/mol. The number of carbonyl (C=O) groups is 1. The van der Waals surface area contributed by atoms with Crippen LogP contribution in [-0.4, -0.2) is 15.6 Å². The molecule has 1 amide bonds. The number of ether oxygens (including phenoxy) is 1. The smallest absolute Gasteiger partial charge is 0.405 e. The topological polar surface area (TPSA) is 70.1 Å². The predicted molar refractivity (Wildman–Crippen MR) is 86.0 cm³/mol. The summed E-state index contributed by atoms with van der Waals surface area (Å²) in [4.78, 5) is 15.8. The number of benzene rings is 1. The van der Waals surface area contributed by atoms with Gasteiger partial charge in [-0.05, 0) is 37.5 Å². The maximum absolute atomic E-state index is 11.2. The van der Waals surface area contributed by atoms with Crippen LogP contribution in [0.1, 0.15) is 39.1 Å². The zero-order valence-electron chi connectivity index (χ0n) is 12.5. The van der Waals surface area contributed by atoms with E-state index in [1.54, 1.807) is 0 Å². The first kappa shape index (κ1) is 15.8. The molecule has 5 nitrogen and oxygen atoms in total. The average molecular weight is 354 g/mol. The Morgan fingerprint density at radius 2 is 2.19 bits per heavy atom. The largest absolute Gasteiger partial charge is 0.438 e. The van der Waals surface area contributed by atoms with Crippen molar-refractivity contribution in [1.29, 1.82) is 0 Å². The van der Waals surface area contributed by atoms with E-state index >= 15 is 0 Å². The molecular formula is C15H20BrN3O2. The summed E-state index contributed by atoms with van der Waals surface area (Å²) in [5.74, 6) is 1.12. The Bertz CT molecular complexity index is 652. The summed E-state index contributed by atoms with van der Waals surface area (Å²) in [6.07, 6.45) is -0.502. The molecule has 2 rings (SSSR count). The van der Waals surface area contributed by atoms with Gasteiger partial charge in [0.25, 0.3) is 0 Å². The van der Waals surface area contributed by atoms with Gasteiger partial charge in [-0.15, -0.1) is 0 Å². The Morgan fingerprint density at radius 1 is 1.48 bits per heavy atom. The van der Waals surface area contributed by atoms with Crippen molar-refractivity contribution in [2.45, 2.75) is 39.8 Å². The second kappa shape index (κ2) is 6.47. The Morgan fingerprint density at radius 3 is 2.76 bits per heavy atom. The highest BCUT2D eigenvalue weighted by Crippen LogP contribution is 2.29. The van der Waals surface area contributed by atoms with E-state index in [2.05, 4.69) is 39.3 Å². The van der Waals surface area contributed by atoms with Gasteiger partial charge in [0.05, 0.1) is 11.0 Å². The van der Waals surface area contributed by atoms with Gasteiger partial charge in [-0.25, -0.2) is 9.78 Å². The highest BCUT2D eigenvalue weighted by molar-refractivity contribution is 9.10. The molecule has 0 aliphatic rings. The molecule has 0 aliphatic carbocycles. The summed E-state index contributed by atoms with van der Waals surface area (Å²) in [6.45, 7) is 6.95. The number of halogens is 1. The van der Waals surface area contributed by atoms with Gasteiger partial charge in [0.15, 0.2) is 11.9 Å². The van der Waals surface area contributed by atoms with Crippen molar-refractivity contribution in [2.24, 2.45) is 11.7 Å². The van der Waals surface area contributed by atoms with Crippen molar-refractivity contribution in [3.05, 3.63) is 28.5 Å². The third-order valence-corrected chi connectivity index (χ3v) is 3.78. The Balaban J connectivity index is 2.52. The molecule has 1 atom stereocenters. The Labute approximate surface area is 132 Å². The van der Waals surface area contributed by atoms with Crippen molar-refractivity contribution < 1.29 is 9.53 Å². The number of aromatic nitrogens is 2. The summed E-state index contributed by atoms with van der Waals surface area (Å²) in [5.41, 5.74) is 7.11. The van der Waals surface area contributed by atoms with Crippen molar-refractivity contribution in [3.8, 4) is 0 Å². The summed E-state index contributed by atoms with van der Waals surface area (Å²) in [7, 11) is 0. The molecule has 1 aromatic carbocycles. The molecule has 0 bridgehead atoms. The van der Waals surface area contributed by atoms with E-state index in [0.717, 1.165) is 27.9 Å². The molecule has 0 saturated heterocycles. The lowest BCUT2D eigenvalue weighted by Crippen LogP contribution is -2.21. The predicted octanol–water partition coefficient (Wildman–Crippen LogP) is 4.00. The Kier molecular flexibility index (Phi) is 4.88. The number of amides is 1. The van der Waals surface area contributed by atoms with Crippen LogP contribution in [0.3, 0.4) is 0 Å². The molecular weight excluding hydrogens is 334 g/mol. The quantitative estimate of drug-likeness (QED) is 0.882. The van der Waals surface area contributed by atoms with E-state index in [-0.39, 0.29) is 0 Å². The van der Waals surface area contributed by atoms with Crippen LogP contribution in [0.15, 0.2) is 22.7 Å². The Hall–Kier alpha value is -1.56. The van der Waals surface area contributed by atoms with Crippen LogP contribution in [0, 0.1) is 5.92 Å². The molecule has 1 unspecified atom stereocenters. The minimum Gasteiger partial charge on any atom is -0.438 e. The highest BCUT2D eigenvalue weighted by Gasteiger charge is 2.23. The van der Waals surface area contributed by atoms with E-state index in [1.165, 1.54) is 0 Å². The highest BCUT2D eigenvalue weighted by atomic mass is 79.9. The van der Waals surface area contributed by atoms with Gasteiger partial charge in [-0.3, -0.25) is 0 Å². The fourth-order valence-electron chi connectivity index (χ4n) is 2.47. The molecule has 21 heavy (non-hydrogen) atoms. The fourth-order valence-corrected chi connectivity index (χ4v) is 2.82. The summed E-state index contributed by atoms with van der Waals surface area (Å²) >= 11 is 3.48. The first-order valence-electron chi connectivity index (χ1n) is 7.04. The molecule has 0 radical (unpaired) electrons. The van der Waals surface area contributed by atoms with E-state index in [9.17, 15) is 4.79 Å². The van der Waals surface area contributed by atoms with Gasteiger partial charge in [0, 0.05) is 11.0 Å². The van der Waals surface area contributed by atoms with Gasteiger partial charge in [0.1, 0.15) is 0 Å². The second-order valence-electron chi connectivity index (χ2n) is 5.40. The van der Waals surface area contributed by atoms with Crippen LogP contribution in [0.25, 0.3) is 11.0 Å². The van der Waals surface area contributed by atoms with E-state index in [1.807, 2.05) is 25.1 Å². The van der Waals surface area contributed by atoms with Crippen LogP contribution in [-0.2, 0) is 11.3 Å². The SMILES string of the molecule is CCn1c(C(CC(C)C)OC(N)=O)nc2ccc(Br)cc21. The summed E-state index contributed by atoms with van der Waals surface area (Å²) < 4.78 is 8.35. The van der Waals surface area contributed by atoms with E-state index in [4.69, 9.17) is 10.5 Å². The van der Waals surface area contributed by atoms with Gasteiger partial charge in [-0.1, -0.05) is 29.8 Å². The van der Waals surface area contributed by atoms with Crippen LogP contribution >= 0.6 is 15.9 Å². The molecule has 0 saturated carbocycles. The van der Waals surface area contributed by atoms with Gasteiger partial charge < -0.3 is 15.0 Å². The normalized spacial score (nSPS) is 12.8. The lowest BCUT2D eigenvalue weighted by Gasteiger charge is -2.19. The number of imidazole rings is 1. The van der Waals surface area contributed by atoms with Crippen molar-refractivity contribution >= 4 is 33.1 Å². The van der Waals surface area contributed by atoms with Gasteiger partial charge >= 0.3 is 6.09 Å². The van der Waals surface area contributed by atoms with E-state index < -0.39 is 12.2 Å². The van der Waals surface area contributed by atoms with Crippen LogP contribution in [0.2, 0.25) is 0 Å². The number of aryl methyl sites for hydroxylation is 1. The molecule has 1 aromatic heterocycles. The number of carbonyl (C=O) groups excluding carboxylic acids is 1. The number of hydrogen-bond donors (Lipinski definition) is 1. The van der Waals surface area contributed by atoms with Gasteiger partial charge in [0.2, 0.25) is 0 Å². The average Bonchev–Trinajstić information content (AvgIpc) is 2.74. The van der Waals surface area contributed by atoms with Gasteiger partial charge in [-0.2, -0.15) is 0 Å². The summed E-state index contributed by atoms with van der Waals surface area (Å²) in [5, 5.41) is 0. The number of fused-ring (bicyclic) bond motifs is 1. The minimum absolute atomic E-state index is 0.367. The molecule has 114 valence electrons. The maximum atomic E-state index is 11.2. The van der Waals surface area contributed by atoms with Crippen molar-refractivity contribution in [2.75, 3.05) is 0 Å². The third-order valence-electron chi connectivity index (χ3n) is 3.29. The maximum Gasteiger partial charge on any atom is 0.405 e. The second-order valence-corrected chi connectivity index (χ2v) is 6.32. The lowest BCUT2D eigenvalue weighted by atomic mass is 10.1. The summed E-state index contributed by atoms with van der Waals surface area (Å²) in [6, 6.07) is 5.92. The molecule has 2 aromatic rings. The molecule has 0 fully saturated rings.